The summed E-state index contributed by atoms with van der Waals surface area (Å²) in [5.74, 6) is 0.807. The van der Waals surface area contributed by atoms with Crippen molar-refractivity contribution in [3.63, 3.8) is 0 Å². The zero-order valence-corrected chi connectivity index (χ0v) is 14.3. The van der Waals surface area contributed by atoms with Gasteiger partial charge in [-0.05, 0) is 39.2 Å². The minimum atomic E-state index is 0.366. The first-order valence-electron chi connectivity index (χ1n) is 8.63. The third-order valence-electron chi connectivity index (χ3n) is 4.26. The summed E-state index contributed by atoms with van der Waals surface area (Å²) in [6.45, 7) is 15.6. The Kier molecular flexibility index (Phi) is 8.74. The Morgan fingerprint density at radius 1 is 1.20 bits per heavy atom. The Hall–Kier alpha value is -0.120. The largest absolute Gasteiger partial charge is 0.374 e. The maximum Gasteiger partial charge on any atom is 0.0855 e. The molecule has 0 aromatic rings. The van der Waals surface area contributed by atoms with Gasteiger partial charge in [0.2, 0.25) is 0 Å². The predicted octanol–water partition coefficient (Wildman–Crippen LogP) is 3.29. The third kappa shape index (κ3) is 6.55. The maximum atomic E-state index is 6.07. The topological polar surface area (TPSA) is 24.5 Å². The van der Waals surface area contributed by atoms with Gasteiger partial charge in [-0.3, -0.25) is 4.90 Å². The lowest BCUT2D eigenvalue weighted by molar-refractivity contribution is -0.0568. The van der Waals surface area contributed by atoms with Crippen molar-refractivity contribution in [2.75, 3.05) is 26.2 Å². The second-order valence-corrected chi connectivity index (χ2v) is 6.88. The average molecular weight is 284 g/mol. The fourth-order valence-corrected chi connectivity index (χ4v) is 2.90. The Balaban J connectivity index is 2.47. The summed E-state index contributed by atoms with van der Waals surface area (Å²) in [6.07, 6.45) is 5.44. The average Bonchev–Trinajstić information content (AvgIpc) is 2.42. The summed E-state index contributed by atoms with van der Waals surface area (Å²) in [5, 5.41) is 3.72. The molecule has 1 rings (SSSR count). The summed E-state index contributed by atoms with van der Waals surface area (Å²) in [6, 6.07) is 1.15. The van der Waals surface area contributed by atoms with E-state index in [-0.39, 0.29) is 0 Å². The Morgan fingerprint density at radius 3 is 2.55 bits per heavy atom. The molecule has 0 aliphatic carbocycles. The first-order chi connectivity index (χ1) is 9.54. The molecule has 0 aromatic carbocycles. The summed E-state index contributed by atoms with van der Waals surface area (Å²) >= 11 is 0. The van der Waals surface area contributed by atoms with Gasteiger partial charge in [0.1, 0.15) is 0 Å². The van der Waals surface area contributed by atoms with E-state index in [4.69, 9.17) is 4.74 Å². The van der Waals surface area contributed by atoms with Crippen LogP contribution in [0.15, 0.2) is 0 Å². The molecule has 2 unspecified atom stereocenters. The molecule has 120 valence electrons. The zero-order chi connectivity index (χ0) is 15.0. The highest BCUT2D eigenvalue weighted by Gasteiger charge is 2.28. The summed E-state index contributed by atoms with van der Waals surface area (Å²) in [4.78, 5) is 2.55. The van der Waals surface area contributed by atoms with Crippen molar-refractivity contribution in [2.24, 2.45) is 5.92 Å². The van der Waals surface area contributed by atoms with Crippen molar-refractivity contribution >= 4 is 0 Å². The Morgan fingerprint density at radius 2 is 1.95 bits per heavy atom. The smallest absolute Gasteiger partial charge is 0.0855 e. The molecule has 3 heteroatoms. The molecule has 1 aliphatic rings. The molecule has 3 nitrogen and oxygen atoms in total. The van der Waals surface area contributed by atoms with Gasteiger partial charge in [-0.2, -0.15) is 0 Å². The van der Waals surface area contributed by atoms with E-state index in [1.165, 1.54) is 25.7 Å². The molecule has 0 aromatic heterocycles. The van der Waals surface area contributed by atoms with Crippen LogP contribution in [0.2, 0.25) is 0 Å². The summed E-state index contributed by atoms with van der Waals surface area (Å²) in [7, 11) is 0. The van der Waals surface area contributed by atoms with Crippen LogP contribution in [0.25, 0.3) is 0 Å². The molecule has 0 bridgehead atoms. The number of hydrogen-bond donors (Lipinski definition) is 1. The van der Waals surface area contributed by atoms with E-state index in [1.54, 1.807) is 0 Å². The van der Waals surface area contributed by atoms with Gasteiger partial charge >= 0.3 is 0 Å². The second kappa shape index (κ2) is 9.75. The predicted molar refractivity (Wildman–Crippen MR) is 87.2 cm³/mol. The number of nitrogens with one attached hydrogen (secondary N) is 1. The SMILES string of the molecule is CCCNC(CCCC(C)C)C1CN(C(C)C)CCO1. The molecular formula is C17H36N2O. The fourth-order valence-electron chi connectivity index (χ4n) is 2.90. The van der Waals surface area contributed by atoms with E-state index in [0.717, 1.165) is 32.2 Å². The first kappa shape index (κ1) is 17.9. The van der Waals surface area contributed by atoms with Crippen molar-refractivity contribution in [1.29, 1.82) is 0 Å². The third-order valence-corrected chi connectivity index (χ3v) is 4.26. The first-order valence-corrected chi connectivity index (χ1v) is 8.63. The lowest BCUT2D eigenvalue weighted by atomic mass is 9.98. The van der Waals surface area contributed by atoms with Crippen molar-refractivity contribution in [1.82, 2.24) is 10.2 Å². The molecule has 2 atom stereocenters. The lowest BCUT2D eigenvalue weighted by Crippen LogP contribution is -2.53. The van der Waals surface area contributed by atoms with E-state index in [0.29, 0.717) is 18.2 Å². The fraction of sp³-hybridized carbons (Fsp3) is 1.00. The van der Waals surface area contributed by atoms with Gasteiger partial charge in [0.25, 0.3) is 0 Å². The summed E-state index contributed by atoms with van der Waals surface area (Å²) in [5.41, 5.74) is 0. The van der Waals surface area contributed by atoms with Crippen LogP contribution in [0.1, 0.15) is 60.3 Å². The van der Waals surface area contributed by atoms with Crippen LogP contribution in [0, 0.1) is 5.92 Å². The molecule has 0 spiro atoms. The van der Waals surface area contributed by atoms with E-state index >= 15 is 0 Å². The number of nitrogens with zero attached hydrogens (tertiary/aromatic N) is 1. The zero-order valence-electron chi connectivity index (χ0n) is 14.3. The van der Waals surface area contributed by atoms with Crippen LogP contribution in [-0.4, -0.2) is 49.3 Å². The molecule has 1 fully saturated rings. The normalized spacial score (nSPS) is 22.6. The molecule has 1 N–H and O–H groups in total. The van der Waals surface area contributed by atoms with Crippen molar-refractivity contribution in [3.05, 3.63) is 0 Å². The van der Waals surface area contributed by atoms with Gasteiger partial charge in [0.15, 0.2) is 0 Å². The Bertz CT molecular complexity index is 243. The number of hydrogen-bond acceptors (Lipinski definition) is 3. The van der Waals surface area contributed by atoms with Crippen molar-refractivity contribution in [2.45, 2.75) is 78.5 Å². The maximum absolute atomic E-state index is 6.07. The van der Waals surface area contributed by atoms with Gasteiger partial charge in [-0.15, -0.1) is 0 Å². The van der Waals surface area contributed by atoms with Crippen LogP contribution < -0.4 is 5.32 Å². The van der Waals surface area contributed by atoms with Crippen LogP contribution in [-0.2, 0) is 4.74 Å². The van der Waals surface area contributed by atoms with Crippen LogP contribution in [0.5, 0.6) is 0 Å². The molecule has 0 saturated carbocycles. The molecule has 20 heavy (non-hydrogen) atoms. The minimum absolute atomic E-state index is 0.366. The molecular weight excluding hydrogens is 248 g/mol. The number of morpholine rings is 1. The summed E-state index contributed by atoms with van der Waals surface area (Å²) < 4.78 is 6.07. The van der Waals surface area contributed by atoms with Crippen LogP contribution in [0.4, 0.5) is 0 Å². The number of ether oxygens (including phenoxy) is 1. The van der Waals surface area contributed by atoms with E-state index in [9.17, 15) is 0 Å². The van der Waals surface area contributed by atoms with E-state index in [2.05, 4.69) is 44.8 Å². The number of rotatable bonds is 9. The highest BCUT2D eigenvalue weighted by Crippen LogP contribution is 2.17. The minimum Gasteiger partial charge on any atom is -0.374 e. The van der Waals surface area contributed by atoms with Gasteiger partial charge < -0.3 is 10.1 Å². The van der Waals surface area contributed by atoms with Gasteiger partial charge in [-0.1, -0.05) is 33.6 Å². The van der Waals surface area contributed by atoms with Gasteiger partial charge in [0.05, 0.1) is 12.7 Å². The van der Waals surface area contributed by atoms with E-state index < -0.39 is 0 Å². The standard InChI is InChI=1S/C17H36N2O/c1-6-10-18-16(9-7-8-14(2)3)17-13-19(15(4)5)11-12-20-17/h14-18H,6-13H2,1-5H3. The molecule has 0 radical (unpaired) electrons. The Labute approximate surface area is 126 Å². The second-order valence-electron chi connectivity index (χ2n) is 6.88. The van der Waals surface area contributed by atoms with Gasteiger partial charge in [-0.25, -0.2) is 0 Å². The van der Waals surface area contributed by atoms with Gasteiger partial charge in [0, 0.05) is 25.2 Å². The highest BCUT2D eigenvalue weighted by atomic mass is 16.5. The monoisotopic (exact) mass is 284 g/mol. The van der Waals surface area contributed by atoms with Crippen LogP contribution in [0.3, 0.4) is 0 Å². The quantitative estimate of drug-likeness (QED) is 0.703. The lowest BCUT2D eigenvalue weighted by Gasteiger charge is -2.39. The van der Waals surface area contributed by atoms with Crippen molar-refractivity contribution < 1.29 is 4.74 Å². The highest BCUT2D eigenvalue weighted by molar-refractivity contribution is 4.84. The molecule has 1 aliphatic heterocycles. The molecule has 0 amide bonds. The van der Waals surface area contributed by atoms with E-state index in [1.807, 2.05) is 0 Å². The molecule has 1 saturated heterocycles. The molecule has 1 heterocycles. The van der Waals surface area contributed by atoms with Crippen LogP contribution >= 0.6 is 0 Å². The van der Waals surface area contributed by atoms with Crippen molar-refractivity contribution in [3.8, 4) is 0 Å².